The topological polar surface area (TPSA) is 26.0 Å². The lowest BCUT2D eigenvalue weighted by atomic mass is 10.1. The molecule has 0 aromatic carbocycles. The van der Waals surface area contributed by atoms with Crippen LogP contribution in [-0.2, 0) is 0 Å². The van der Waals surface area contributed by atoms with Crippen LogP contribution in [0, 0.1) is 0 Å². The quantitative estimate of drug-likeness (QED) is 0.620. The number of alkyl halides is 1. The molecule has 1 nitrogen and oxygen atoms in total. The van der Waals surface area contributed by atoms with Gasteiger partial charge in [-0.1, -0.05) is 0 Å². The van der Waals surface area contributed by atoms with Crippen molar-refractivity contribution in [2.45, 2.75) is 25.9 Å². The molecule has 0 aliphatic heterocycles. The molecule has 0 radical (unpaired) electrons. The van der Waals surface area contributed by atoms with Gasteiger partial charge < -0.3 is 5.73 Å². The second-order valence-corrected chi connectivity index (χ2v) is 2.26. The highest BCUT2D eigenvalue weighted by molar-refractivity contribution is 5.85. The molecule has 0 aromatic rings. The van der Waals surface area contributed by atoms with Gasteiger partial charge in [-0.25, -0.2) is 4.39 Å². The summed E-state index contributed by atoms with van der Waals surface area (Å²) in [4.78, 5) is 0. The first kappa shape index (κ1) is 11.0. The van der Waals surface area contributed by atoms with Crippen LogP contribution in [0.15, 0.2) is 0 Å². The van der Waals surface area contributed by atoms with Gasteiger partial charge in [0.25, 0.3) is 0 Å². The minimum Gasteiger partial charge on any atom is -0.330 e. The van der Waals surface area contributed by atoms with Crippen LogP contribution in [0.2, 0.25) is 0 Å². The van der Waals surface area contributed by atoms with Crippen molar-refractivity contribution in [3.63, 3.8) is 0 Å². The Hall–Kier alpha value is 0.180. The third-order valence-electron chi connectivity index (χ3n) is 0.739. The first-order valence-electron chi connectivity index (χ1n) is 2.45. The molecule has 0 rings (SSSR count). The van der Waals surface area contributed by atoms with E-state index in [1.807, 2.05) is 0 Å². The fourth-order valence-corrected chi connectivity index (χ4v) is 0.343. The number of nitrogens with two attached hydrogens (primary N) is 1. The number of hydrogen-bond donors (Lipinski definition) is 1. The molecule has 0 aliphatic carbocycles. The van der Waals surface area contributed by atoms with Crippen molar-refractivity contribution >= 4 is 12.4 Å². The maximum Gasteiger partial charge on any atom is 0.106 e. The van der Waals surface area contributed by atoms with Crippen LogP contribution in [0.5, 0.6) is 0 Å². The molecule has 8 heavy (non-hydrogen) atoms. The molecule has 0 saturated carbocycles. The summed E-state index contributed by atoms with van der Waals surface area (Å²) in [6.45, 7) is 3.49. The summed E-state index contributed by atoms with van der Waals surface area (Å²) < 4.78 is 12.3. The molecule has 0 atom stereocenters. The van der Waals surface area contributed by atoms with Crippen molar-refractivity contribution in [1.82, 2.24) is 0 Å². The maximum absolute atomic E-state index is 12.3. The minimum atomic E-state index is -1.07. The van der Waals surface area contributed by atoms with Gasteiger partial charge in [0.05, 0.1) is 0 Å². The molecular formula is C5H13ClFN. The summed E-state index contributed by atoms with van der Waals surface area (Å²) in [7, 11) is 0. The molecule has 0 saturated heterocycles. The summed E-state index contributed by atoms with van der Waals surface area (Å²) >= 11 is 0. The highest BCUT2D eigenvalue weighted by Gasteiger charge is 2.12. The fraction of sp³-hybridized carbons (Fsp3) is 1.00. The number of halogens is 2. The predicted molar refractivity (Wildman–Crippen MR) is 36.1 cm³/mol. The van der Waals surface area contributed by atoms with E-state index in [0.717, 1.165) is 0 Å². The van der Waals surface area contributed by atoms with Crippen LogP contribution in [0.3, 0.4) is 0 Å². The van der Waals surface area contributed by atoms with Crippen molar-refractivity contribution in [2.75, 3.05) is 6.54 Å². The molecule has 0 fully saturated rings. The van der Waals surface area contributed by atoms with Crippen LogP contribution >= 0.6 is 12.4 Å². The van der Waals surface area contributed by atoms with Crippen molar-refractivity contribution < 1.29 is 4.39 Å². The highest BCUT2D eigenvalue weighted by Crippen LogP contribution is 2.10. The van der Waals surface area contributed by atoms with E-state index in [0.29, 0.717) is 13.0 Å². The first-order chi connectivity index (χ1) is 3.06. The second kappa shape index (κ2) is 4.10. The Morgan fingerprint density at radius 3 is 1.88 bits per heavy atom. The van der Waals surface area contributed by atoms with Gasteiger partial charge in [0.1, 0.15) is 5.67 Å². The third kappa shape index (κ3) is 9.49. The van der Waals surface area contributed by atoms with E-state index in [2.05, 4.69) is 0 Å². The largest absolute Gasteiger partial charge is 0.330 e. The molecule has 2 N–H and O–H groups in total. The lowest BCUT2D eigenvalue weighted by Gasteiger charge is -2.10. The monoisotopic (exact) mass is 141 g/mol. The molecule has 52 valence electrons. The normalized spacial score (nSPS) is 10.5. The molecular weight excluding hydrogens is 129 g/mol. The molecule has 0 unspecified atom stereocenters. The Bertz CT molecular complexity index is 50.9. The maximum atomic E-state index is 12.3. The Labute approximate surface area is 55.9 Å². The van der Waals surface area contributed by atoms with Gasteiger partial charge in [0.2, 0.25) is 0 Å². The van der Waals surface area contributed by atoms with Gasteiger partial charge in [0, 0.05) is 0 Å². The molecule has 0 spiro atoms. The molecule has 3 heteroatoms. The summed E-state index contributed by atoms with van der Waals surface area (Å²) in [5, 5.41) is 0. The molecule has 0 aromatic heterocycles. The van der Waals surface area contributed by atoms with Gasteiger partial charge >= 0.3 is 0 Å². The number of hydrogen-bond acceptors (Lipinski definition) is 1. The Balaban J connectivity index is 0. The van der Waals surface area contributed by atoms with Crippen molar-refractivity contribution in [3.05, 3.63) is 0 Å². The van der Waals surface area contributed by atoms with Crippen molar-refractivity contribution in [1.29, 1.82) is 0 Å². The van der Waals surface area contributed by atoms with Gasteiger partial charge in [0.15, 0.2) is 0 Å². The predicted octanol–water partition coefficient (Wildman–Crippen LogP) is 1.51. The standard InChI is InChI=1S/C5H12FN.ClH/c1-5(2,6)3-4-7;/h3-4,7H2,1-2H3;1H. The summed E-state index contributed by atoms with van der Waals surface area (Å²) in [6, 6.07) is 0. The lowest BCUT2D eigenvalue weighted by molar-refractivity contribution is 0.205. The Morgan fingerprint density at radius 1 is 1.50 bits per heavy atom. The average Bonchev–Trinajstić information content (AvgIpc) is 1.30. The summed E-state index contributed by atoms with van der Waals surface area (Å²) in [5.74, 6) is 0. The average molecular weight is 142 g/mol. The van der Waals surface area contributed by atoms with Crippen molar-refractivity contribution in [3.8, 4) is 0 Å². The SMILES string of the molecule is CC(C)(F)CCN.Cl. The zero-order chi connectivity index (χ0) is 5.91. The van der Waals surface area contributed by atoms with Crippen LogP contribution < -0.4 is 5.73 Å². The highest BCUT2D eigenvalue weighted by atomic mass is 35.5. The third-order valence-corrected chi connectivity index (χ3v) is 0.739. The zero-order valence-electron chi connectivity index (χ0n) is 5.28. The Kier molecular flexibility index (Phi) is 5.66. The van der Waals surface area contributed by atoms with Crippen LogP contribution in [-0.4, -0.2) is 12.2 Å². The second-order valence-electron chi connectivity index (χ2n) is 2.26. The summed E-state index contributed by atoms with van der Waals surface area (Å²) in [6.07, 6.45) is 0.451. The van der Waals surface area contributed by atoms with E-state index in [1.165, 1.54) is 13.8 Å². The Morgan fingerprint density at radius 2 is 1.88 bits per heavy atom. The van der Waals surface area contributed by atoms with Crippen LogP contribution in [0.25, 0.3) is 0 Å². The van der Waals surface area contributed by atoms with Gasteiger partial charge in [-0.15, -0.1) is 12.4 Å². The first-order valence-corrected chi connectivity index (χ1v) is 2.45. The van der Waals surface area contributed by atoms with E-state index < -0.39 is 5.67 Å². The van der Waals surface area contributed by atoms with E-state index in [4.69, 9.17) is 5.73 Å². The molecule has 0 amide bonds. The lowest BCUT2D eigenvalue weighted by Crippen LogP contribution is -2.17. The molecule has 0 bridgehead atoms. The van der Waals surface area contributed by atoms with E-state index in [1.54, 1.807) is 0 Å². The molecule has 0 heterocycles. The fourth-order valence-electron chi connectivity index (χ4n) is 0.343. The van der Waals surface area contributed by atoms with Crippen LogP contribution in [0.4, 0.5) is 4.39 Å². The molecule has 0 aliphatic rings. The van der Waals surface area contributed by atoms with E-state index in [-0.39, 0.29) is 12.4 Å². The van der Waals surface area contributed by atoms with Gasteiger partial charge in [-0.3, -0.25) is 0 Å². The summed E-state index contributed by atoms with van der Waals surface area (Å²) in [5.41, 5.74) is 4.00. The van der Waals surface area contributed by atoms with Crippen molar-refractivity contribution in [2.24, 2.45) is 5.73 Å². The minimum absolute atomic E-state index is 0. The van der Waals surface area contributed by atoms with E-state index >= 15 is 0 Å². The van der Waals surface area contributed by atoms with Gasteiger partial charge in [-0.2, -0.15) is 0 Å². The van der Waals surface area contributed by atoms with E-state index in [9.17, 15) is 4.39 Å². The van der Waals surface area contributed by atoms with Crippen LogP contribution in [0.1, 0.15) is 20.3 Å². The smallest absolute Gasteiger partial charge is 0.106 e. The zero-order valence-corrected chi connectivity index (χ0v) is 6.09. The van der Waals surface area contributed by atoms with Gasteiger partial charge in [-0.05, 0) is 26.8 Å². The number of rotatable bonds is 2.